The zero-order chi connectivity index (χ0) is 21.6. The molecule has 0 aliphatic heterocycles. The lowest BCUT2D eigenvalue weighted by atomic mass is 10.1. The number of anilines is 2. The number of rotatable bonds is 6. The number of benzene rings is 2. The Morgan fingerprint density at radius 2 is 1.70 bits per heavy atom. The van der Waals surface area contributed by atoms with E-state index >= 15 is 0 Å². The van der Waals surface area contributed by atoms with Gasteiger partial charge in [0, 0.05) is 11.4 Å². The lowest BCUT2D eigenvalue weighted by Gasteiger charge is -2.25. The summed E-state index contributed by atoms with van der Waals surface area (Å²) in [5.41, 5.74) is 1.31. The van der Waals surface area contributed by atoms with Crippen LogP contribution >= 0.6 is 35.6 Å². The van der Waals surface area contributed by atoms with E-state index in [4.69, 9.17) is 23.8 Å². The maximum absolute atomic E-state index is 13.7. The van der Waals surface area contributed by atoms with Gasteiger partial charge in [0.1, 0.15) is 10.0 Å². The Labute approximate surface area is 190 Å². The van der Waals surface area contributed by atoms with Crippen LogP contribution in [-0.4, -0.2) is 27.0 Å². The van der Waals surface area contributed by atoms with Crippen molar-refractivity contribution in [3.05, 3.63) is 84.2 Å². The van der Waals surface area contributed by atoms with Crippen LogP contribution < -0.4 is 16.0 Å². The molecule has 30 heavy (non-hydrogen) atoms. The Kier molecular flexibility index (Phi) is 7.53. The summed E-state index contributed by atoms with van der Waals surface area (Å²) in [5.74, 6) is -0.138. The molecule has 0 heterocycles. The fourth-order valence-corrected chi connectivity index (χ4v) is 4.32. The number of thioether (sulfide) groups is 1. The first-order valence-electron chi connectivity index (χ1n) is 9.33. The van der Waals surface area contributed by atoms with Crippen LogP contribution in [0.3, 0.4) is 0 Å². The van der Waals surface area contributed by atoms with Gasteiger partial charge in [0.15, 0.2) is 5.11 Å². The molecule has 4 nitrogen and oxygen atoms in total. The molecule has 0 radical (unpaired) electrons. The van der Waals surface area contributed by atoms with Gasteiger partial charge in [0.05, 0.1) is 11.6 Å². The molecule has 8 heteroatoms. The number of carbonyl (C=O) groups excluding carboxylic acids is 1. The van der Waals surface area contributed by atoms with Crippen LogP contribution in [0, 0.1) is 5.82 Å². The smallest absolute Gasteiger partial charge is 0.258 e. The van der Waals surface area contributed by atoms with Crippen molar-refractivity contribution in [3.8, 4) is 0 Å². The van der Waals surface area contributed by atoms with Gasteiger partial charge in [-0.05, 0) is 54.4 Å². The Bertz CT molecular complexity index is 965. The van der Waals surface area contributed by atoms with Crippen LogP contribution in [0.4, 0.5) is 15.8 Å². The number of carbonyl (C=O) groups is 1. The van der Waals surface area contributed by atoms with E-state index in [2.05, 4.69) is 22.9 Å². The van der Waals surface area contributed by atoms with Crippen molar-refractivity contribution in [2.24, 2.45) is 0 Å². The number of alkyl halides is 1. The molecule has 3 N–H and O–H groups in total. The van der Waals surface area contributed by atoms with Crippen molar-refractivity contribution in [3.63, 3.8) is 0 Å². The van der Waals surface area contributed by atoms with Crippen LogP contribution in [0.15, 0.2) is 72.8 Å². The largest absolute Gasteiger partial charge is 0.353 e. The molecular weight excluding hydrogens is 441 g/mol. The number of hydrogen-bond acceptors (Lipinski definition) is 3. The molecule has 1 aliphatic carbocycles. The Morgan fingerprint density at radius 3 is 2.30 bits per heavy atom. The second-order valence-electron chi connectivity index (χ2n) is 6.48. The van der Waals surface area contributed by atoms with Crippen molar-refractivity contribution >= 4 is 58.0 Å². The molecule has 0 bridgehead atoms. The Morgan fingerprint density at radius 1 is 1.10 bits per heavy atom. The van der Waals surface area contributed by atoms with E-state index in [1.165, 1.54) is 12.1 Å². The van der Waals surface area contributed by atoms with Crippen LogP contribution in [-0.2, 0) is 0 Å². The molecule has 1 aliphatic rings. The van der Waals surface area contributed by atoms with Gasteiger partial charge in [0.2, 0.25) is 0 Å². The second kappa shape index (κ2) is 10.1. The quantitative estimate of drug-likeness (QED) is 0.299. The molecule has 2 aromatic rings. The molecule has 3 rings (SSSR count). The van der Waals surface area contributed by atoms with Crippen LogP contribution in [0.2, 0.25) is 0 Å². The summed E-state index contributed by atoms with van der Waals surface area (Å²) in [7, 11) is 0. The third kappa shape index (κ3) is 6.08. The molecule has 0 aromatic heterocycles. The number of thiocarbonyl (C=S) groups is 1. The third-order valence-corrected chi connectivity index (χ3v) is 6.05. The first-order chi connectivity index (χ1) is 14.4. The summed E-state index contributed by atoms with van der Waals surface area (Å²) in [5, 5.41) is 9.42. The molecule has 2 aromatic carbocycles. The normalized spacial score (nSPS) is 19.9. The maximum Gasteiger partial charge on any atom is 0.258 e. The van der Waals surface area contributed by atoms with E-state index in [0.717, 1.165) is 11.4 Å². The van der Waals surface area contributed by atoms with E-state index in [9.17, 15) is 9.18 Å². The predicted molar refractivity (Wildman–Crippen MR) is 129 cm³/mol. The van der Waals surface area contributed by atoms with E-state index < -0.39 is 15.9 Å². The maximum atomic E-state index is 13.7. The van der Waals surface area contributed by atoms with Crippen LogP contribution in [0.5, 0.6) is 0 Å². The van der Waals surface area contributed by atoms with E-state index in [0.29, 0.717) is 10.8 Å². The standard InChI is InChI=1S/C22H21ClFN3OS2/c1-2-30-22(23)13-11-17(12-14-22)27-21(29)26-16-9-7-15(8-10-16)25-20(28)18-5-3-4-6-19(18)24/h3-14,17H,2H2,1H3,(H,25,28)(H2,26,27,29). The average molecular weight is 462 g/mol. The average Bonchev–Trinajstić information content (AvgIpc) is 2.72. The molecule has 1 amide bonds. The van der Waals surface area contributed by atoms with Gasteiger partial charge in [-0.1, -0.05) is 55.0 Å². The van der Waals surface area contributed by atoms with Crippen molar-refractivity contribution in [1.82, 2.24) is 5.32 Å². The molecular formula is C22H21ClFN3OS2. The highest BCUT2D eigenvalue weighted by Crippen LogP contribution is 2.35. The number of amides is 1. The van der Waals surface area contributed by atoms with Gasteiger partial charge in [-0.25, -0.2) is 4.39 Å². The number of nitrogens with one attached hydrogen (secondary N) is 3. The molecule has 0 spiro atoms. The highest BCUT2D eigenvalue weighted by atomic mass is 35.5. The van der Waals surface area contributed by atoms with Gasteiger partial charge < -0.3 is 16.0 Å². The Balaban J connectivity index is 1.52. The zero-order valence-electron chi connectivity index (χ0n) is 16.2. The molecule has 0 saturated carbocycles. The van der Waals surface area contributed by atoms with Gasteiger partial charge >= 0.3 is 0 Å². The summed E-state index contributed by atoms with van der Waals surface area (Å²) in [6.07, 6.45) is 7.86. The summed E-state index contributed by atoms with van der Waals surface area (Å²) in [4.78, 5) is 12.2. The minimum absolute atomic E-state index is 0.00280. The van der Waals surface area contributed by atoms with Gasteiger partial charge in [-0.2, -0.15) is 0 Å². The van der Waals surface area contributed by atoms with Gasteiger partial charge in [-0.15, -0.1) is 11.8 Å². The van der Waals surface area contributed by atoms with Gasteiger partial charge in [-0.3, -0.25) is 4.79 Å². The molecule has 0 unspecified atom stereocenters. The minimum atomic E-state index is -0.560. The van der Waals surface area contributed by atoms with Crippen LogP contribution in [0.1, 0.15) is 17.3 Å². The summed E-state index contributed by atoms with van der Waals surface area (Å²) in [6.45, 7) is 2.07. The monoisotopic (exact) mass is 461 g/mol. The summed E-state index contributed by atoms with van der Waals surface area (Å²) < 4.78 is 13.2. The zero-order valence-corrected chi connectivity index (χ0v) is 18.6. The van der Waals surface area contributed by atoms with Gasteiger partial charge in [0.25, 0.3) is 5.91 Å². The minimum Gasteiger partial charge on any atom is -0.353 e. The Hall–Kier alpha value is -2.35. The van der Waals surface area contributed by atoms with Crippen molar-refractivity contribution in [2.75, 3.05) is 16.4 Å². The predicted octanol–water partition coefficient (Wildman–Crippen LogP) is 5.55. The lowest BCUT2D eigenvalue weighted by Crippen LogP contribution is -2.37. The molecule has 156 valence electrons. The van der Waals surface area contributed by atoms with E-state index in [1.807, 2.05) is 24.3 Å². The third-order valence-electron chi connectivity index (χ3n) is 4.24. The van der Waals surface area contributed by atoms with Crippen molar-refractivity contribution < 1.29 is 9.18 Å². The lowest BCUT2D eigenvalue weighted by molar-refractivity contribution is 0.102. The first kappa shape index (κ1) is 22.3. The fraction of sp³-hybridized carbons (Fsp3) is 0.182. The van der Waals surface area contributed by atoms with Crippen molar-refractivity contribution in [1.29, 1.82) is 0 Å². The summed E-state index contributed by atoms with van der Waals surface area (Å²) in [6, 6.07) is 12.8. The van der Waals surface area contributed by atoms with Crippen LogP contribution in [0.25, 0.3) is 0 Å². The fourth-order valence-electron chi connectivity index (χ4n) is 2.80. The second-order valence-corrected chi connectivity index (χ2v) is 9.28. The highest BCUT2D eigenvalue weighted by molar-refractivity contribution is 8.02. The molecule has 0 fully saturated rings. The SMILES string of the molecule is CCSC1(Cl)C=CC(NC(=S)Nc2ccc(NC(=O)c3ccccc3F)cc2)C=C1. The van der Waals surface area contributed by atoms with E-state index in [-0.39, 0.29) is 11.6 Å². The highest BCUT2D eigenvalue weighted by Gasteiger charge is 2.23. The summed E-state index contributed by atoms with van der Waals surface area (Å²) >= 11 is 13.5. The van der Waals surface area contributed by atoms with E-state index in [1.54, 1.807) is 48.2 Å². The first-order valence-corrected chi connectivity index (χ1v) is 11.1. The molecule has 0 saturated heterocycles. The van der Waals surface area contributed by atoms with Crippen molar-refractivity contribution in [2.45, 2.75) is 17.2 Å². The number of halogens is 2. The number of hydrogen-bond donors (Lipinski definition) is 3. The molecule has 0 atom stereocenters. The topological polar surface area (TPSA) is 53.2 Å².